The number of carbonyl (C=O) groups excluding carboxylic acids is 4. The van der Waals surface area contributed by atoms with Crippen molar-refractivity contribution in [2.75, 3.05) is 39.3 Å². The fourth-order valence-electron chi connectivity index (χ4n) is 5.66. The van der Waals surface area contributed by atoms with Crippen LogP contribution in [-0.2, 0) is 0 Å². The summed E-state index contributed by atoms with van der Waals surface area (Å²) in [5, 5.41) is 29.0. The summed E-state index contributed by atoms with van der Waals surface area (Å²) in [5.41, 5.74) is 1.54. The maximum absolute atomic E-state index is 13.0. The van der Waals surface area contributed by atoms with E-state index in [-0.39, 0.29) is 36.4 Å². The number of nitrogens with zero attached hydrogens (tertiary/aromatic N) is 2. The summed E-state index contributed by atoms with van der Waals surface area (Å²) in [6.07, 6.45) is 0.746. The zero-order valence-corrected chi connectivity index (χ0v) is 22.1. The van der Waals surface area contributed by atoms with E-state index in [1.54, 1.807) is 48.5 Å². The lowest BCUT2D eigenvalue weighted by Crippen LogP contribution is -2.44. The van der Waals surface area contributed by atoms with Gasteiger partial charge in [0.1, 0.15) is 11.5 Å². The molecular weight excluding hydrogens is 524 g/mol. The van der Waals surface area contributed by atoms with Crippen LogP contribution >= 0.6 is 0 Å². The van der Waals surface area contributed by atoms with Crippen molar-refractivity contribution in [1.29, 1.82) is 0 Å². The van der Waals surface area contributed by atoms with Gasteiger partial charge in [0, 0.05) is 48.1 Å². The molecule has 0 atom stereocenters. The van der Waals surface area contributed by atoms with Crippen molar-refractivity contribution >= 4 is 45.2 Å². The maximum Gasteiger partial charge on any atom is 0.261 e. The van der Waals surface area contributed by atoms with Crippen LogP contribution in [0.5, 0.6) is 11.5 Å². The predicted molar refractivity (Wildman–Crippen MR) is 152 cm³/mol. The summed E-state index contributed by atoms with van der Waals surface area (Å²) in [6, 6.07) is 16.3. The van der Waals surface area contributed by atoms with Crippen LogP contribution < -0.4 is 10.6 Å². The number of carbonyl (C=O) groups is 4. The molecule has 10 heteroatoms. The number of imide groups is 2. The van der Waals surface area contributed by atoms with Crippen LogP contribution in [0.3, 0.4) is 0 Å². The van der Waals surface area contributed by atoms with Crippen LogP contribution in [0.25, 0.3) is 21.5 Å². The van der Waals surface area contributed by atoms with Crippen molar-refractivity contribution in [2.24, 2.45) is 0 Å². The Balaban J connectivity index is 0.953. The number of amides is 4. The van der Waals surface area contributed by atoms with E-state index in [0.29, 0.717) is 70.0 Å². The molecule has 0 unspecified atom stereocenters. The number of hydrogen-bond donors (Lipinski definition) is 4. The molecule has 4 aromatic carbocycles. The van der Waals surface area contributed by atoms with Gasteiger partial charge in [0.2, 0.25) is 0 Å². The van der Waals surface area contributed by atoms with E-state index >= 15 is 0 Å². The molecule has 2 aliphatic heterocycles. The Hall–Kier alpha value is -4.80. The van der Waals surface area contributed by atoms with Crippen molar-refractivity contribution in [3.63, 3.8) is 0 Å². The topological polar surface area (TPSA) is 139 Å². The van der Waals surface area contributed by atoms with Crippen LogP contribution in [0.4, 0.5) is 0 Å². The first kappa shape index (κ1) is 26.4. The van der Waals surface area contributed by atoms with Gasteiger partial charge >= 0.3 is 0 Å². The van der Waals surface area contributed by atoms with E-state index in [4.69, 9.17) is 0 Å². The normalized spacial score (nSPS) is 14.5. The summed E-state index contributed by atoms with van der Waals surface area (Å²) in [5.74, 6) is -1.58. The molecule has 4 amide bonds. The lowest BCUT2D eigenvalue weighted by Gasteiger charge is -2.27. The molecule has 10 nitrogen and oxygen atoms in total. The number of hydrogen-bond acceptors (Lipinski definition) is 8. The van der Waals surface area contributed by atoms with Gasteiger partial charge in [-0.25, -0.2) is 0 Å². The molecule has 0 fully saturated rings. The third-order valence-corrected chi connectivity index (χ3v) is 7.56. The zero-order chi connectivity index (χ0) is 28.7. The first-order valence-corrected chi connectivity index (χ1v) is 13.5. The first-order chi connectivity index (χ1) is 19.8. The molecule has 2 aliphatic rings. The lowest BCUT2D eigenvalue weighted by molar-refractivity contribution is 0.0597. The van der Waals surface area contributed by atoms with Gasteiger partial charge in [0.15, 0.2) is 0 Å². The van der Waals surface area contributed by atoms with Crippen LogP contribution in [0.2, 0.25) is 0 Å². The molecule has 0 aliphatic carbocycles. The van der Waals surface area contributed by atoms with Crippen molar-refractivity contribution in [2.45, 2.75) is 6.42 Å². The van der Waals surface area contributed by atoms with E-state index in [9.17, 15) is 29.4 Å². The third-order valence-electron chi connectivity index (χ3n) is 7.56. The molecule has 41 heavy (non-hydrogen) atoms. The summed E-state index contributed by atoms with van der Waals surface area (Å²) in [4.78, 5) is 54.4. The predicted octanol–water partition coefficient (Wildman–Crippen LogP) is 2.87. The Morgan fingerprint density at radius 3 is 1.39 bits per heavy atom. The Morgan fingerprint density at radius 1 is 0.537 bits per heavy atom. The lowest BCUT2D eigenvalue weighted by atomic mass is 9.94. The largest absolute Gasteiger partial charge is 0.508 e. The average Bonchev–Trinajstić information content (AvgIpc) is 2.96. The quantitative estimate of drug-likeness (QED) is 0.174. The molecule has 4 N–H and O–H groups in total. The minimum Gasteiger partial charge on any atom is -0.508 e. The van der Waals surface area contributed by atoms with Crippen molar-refractivity contribution in [3.8, 4) is 11.5 Å². The first-order valence-electron chi connectivity index (χ1n) is 13.5. The van der Waals surface area contributed by atoms with Gasteiger partial charge in [-0.1, -0.05) is 24.3 Å². The number of nitrogens with one attached hydrogen (secondary N) is 2. The maximum atomic E-state index is 13.0. The van der Waals surface area contributed by atoms with Gasteiger partial charge in [0.05, 0.1) is 11.1 Å². The highest BCUT2D eigenvalue weighted by Crippen LogP contribution is 2.34. The number of benzene rings is 4. The molecule has 0 aromatic heterocycles. The minimum absolute atomic E-state index is 0.0200. The second kappa shape index (κ2) is 10.6. The summed E-state index contributed by atoms with van der Waals surface area (Å²) in [7, 11) is 0. The van der Waals surface area contributed by atoms with Crippen molar-refractivity contribution < 1.29 is 29.4 Å². The smallest absolute Gasteiger partial charge is 0.261 e. The van der Waals surface area contributed by atoms with Gasteiger partial charge in [0.25, 0.3) is 23.6 Å². The van der Waals surface area contributed by atoms with Crippen LogP contribution in [-0.4, -0.2) is 82.9 Å². The highest BCUT2D eigenvalue weighted by Gasteiger charge is 2.34. The minimum atomic E-state index is -0.422. The van der Waals surface area contributed by atoms with Gasteiger partial charge in [-0.3, -0.25) is 29.0 Å². The molecule has 4 aromatic rings. The zero-order valence-electron chi connectivity index (χ0n) is 22.1. The highest BCUT2D eigenvalue weighted by atomic mass is 16.3. The number of rotatable bonds is 10. The fourth-order valence-corrected chi connectivity index (χ4v) is 5.66. The van der Waals surface area contributed by atoms with Crippen molar-refractivity contribution in [1.82, 2.24) is 20.4 Å². The molecule has 0 spiro atoms. The number of phenolic OH excluding ortho intramolecular Hbond substituents is 2. The monoisotopic (exact) mass is 552 g/mol. The van der Waals surface area contributed by atoms with E-state index < -0.39 is 11.8 Å². The molecule has 0 radical (unpaired) electrons. The molecule has 2 heterocycles. The van der Waals surface area contributed by atoms with E-state index in [1.165, 1.54) is 21.9 Å². The second-order valence-corrected chi connectivity index (χ2v) is 10.2. The molecule has 208 valence electrons. The SMILES string of the molecule is O=C1c2cccc3cc(O)cc(c23)C(=O)N1CCNCCCNCCN1C(=O)c2cccc3cc(O)cc(c23)C1=O. The molecular formula is C31H28N4O6. The molecule has 0 saturated heterocycles. The van der Waals surface area contributed by atoms with Crippen LogP contribution in [0.15, 0.2) is 60.7 Å². The highest BCUT2D eigenvalue weighted by molar-refractivity contribution is 6.26. The summed E-state index contributed by atoms with van der Waals surface area (Å²) in [6.45, 7) is 2.48. The Kier molecular flexibility index (Phi) is 6.86. The second-order valence-electron chi connectivity index (χ2n) is 10.2. The Labute approximate surface area is 235 Å². The third kappa shape index (κ3) is 4.66. The number of aromatic hydroxyl groups is 2. The van der Waals surface area contributed by atoms with Crippen LogP contribution in [0, 0.1) is 0 Å². The van der Waals surface area contributed by atoms with E-state index in [2.05, 4.69) is 10.6 Å². The van der Waals surface area contributed by atoms with Crippen LogP contribution in [0.1, 0.15) is 47.9 Å². The Morgan fingerprint density at radius 2 is 0.951 bits per heavy atom. The Bertz CT molecular complexity index is 1620. The molecule has 6 rings (SSSR count). The number of phenols is 2. The van der Waals surface area contributed by atoms with E-state index in [0.717, 1.165) is 6.42 Å². The average molecular weight is 553 g/mol. The molecule has 0 saturated carbocycles. The molecule has 0 bridgehead atoms. The van der Waals surface area contributed by atoms with Gasteiger partial charge < -0.3 is 20.8 Å². The van der Waals surface area contributed by atoms with E-state index in [1.807, 2.05) is 0 Å². The summed E-state index contributed by atoms with van der Waals surface area (Å²) < 4.78 is 0. The van der Waals surface area contributed by atoms with Crippen molar-refractivity contribution in [3.05, 3.63) is 82.9 Å². The standard InChI is InChI=1S/C31H28N4O6/c36-20-14-18-4-1-6-22-26(18)24(16-20)30(40)34(28(22)38)12-10-32-8-3-9-33-11-13-35-29(39)23-7-2-5-19-15-21(37)17-25(27(19)23)31(35)41/h1-2,4-7,14-17,32-33,36-37H,3,8-13H2. The summed E-state index contributed by atoms with van der Waals surface area (Å²) >= 11 is 0. The van der Waals surface area contributed by atoms with Gasteiger partial charge in [-0.15, -0.1) is 0 Å². The van der Waals surface area contributed by atoms with Gasteiger partial charge in [-0.2, -0.15) is 0 Å². The van der Waals surface area contributed by atoms with Gasteiger partial charge in [-0.05, 0) is 66.7 Å². The fraction of sp³-hybridized carbons (Fsp3) is 0.226.